The summed E-state index contributed by atoms with van der Waals surface area (Å²) in [6.07, 6.45) is 1.08. The lowest BCUT2D eigenvalue weighted by molar-refractivity contribution is 0.324. The summed E-state index contributed by atoms with van der Waals surface area (Å²) in [7, 11) is 3.34. The Hall–Kier alpha value is -0.970. The van der Waals surface area contributed by atoms with E-state index in [1.54, 1.807) is 14.2 Å². The van der Waals surface area contributed by atoms with Crippen molar-refractivity contribution >= 4 is 12.4 Å². The minimum Gasteiger partial charge on any atom is -0.497 e. The van der Waals surface area contributed by atoms with E-state index in [2.05, 4.69) is 4.90 Å². The highest BCUT2D eigenvalue weighted by Crippen LogP contribution is 2.24. The molecule has 1 heterocycles. The fourth-order valence-corrected chi connectivity index (χ4v) is 2.22. The smallest absolute Gasteiger partial charge is 0.122 e. The Bertz CT molecular complexity index is 365. The van der Waals surface area contributed by atoms with Crippen LogP contribution in [-0.2, 0) is 6.54 Å². The molecule has 2 N–H and O–H groups in total. The number of hydrogen-bond acceptors (Lipinski definition) is 4. The molecule has 0 spiro atoms. The summed E-state index contributed by atoms with van der Waals surface area (Å²) in [4.78, 5) is 2.36. The zero-order valence-corrected chi connectivity index (χ0v) is 11.7. The van der Waals surface area contributed by atoms with Crippen LogP contribution in [0, 0.1) is 0 Å². The summed E-state index contributed by atoms with van der Waals surface area (Å²) < 4.78 is 10.5. The molecule has 1 atom stereocenters. The minimum absolute atomic E-state index is 0. The summed E-state index contributed by atoms with van der Waals surface area (Å²) in [6, 6.07) is 6.31. The lowest BCUT2D eigenvalue weighted by Gasteiger charge is -2.16. The Morgan fingerprint density at radius 1 is 1.22 bits per heavy atom. The number of benzene rings is 1. The monoisotopic (exact) mass is 272 g/mol. The fourth-order valence-electron chi connectivity index (χ4n) is 2.22. The van der Waals surface area contributed by atoms with Gasteiger partial charge in [-0.25, -0.2) is 0 Å². The molecule has 1 aliphatic rings. The third-order valence-corrected chi connectivity index (χ3v) is 3.13. The molecule has 0 saturated carbocycles. The molecule has 0 aromatic heterocycles. The standard InChI is InChI=1S/C13H20N2O2.ClH/c1-16-12-5-10(6-13(7-12)17-2)8-15-4-3-11(14)9-15;/h5-7,11H,3-4,8-9,14H2,1-2H3;1H. The predicted octanol–water partition coefficient (Wildman–Crippen LogP) is 1.66. The molecule has 0 aliphatic carbocycles. The lowest BCUT2D eigenvalue weighted by Crippen LogP contribution is -2.26. The van der Waals surface area contributed by atoms with Gasteiger partial charge in [0.25, 0.3) is 0 Å². The van der Waals surface area contributed by atoms with Crippen molar-refractivity contribution in [3.05, 3.63) is 23.8 Å². The Balaban J connectivity index is 0.00000162. The molecule has 1 aromatic rings. The topological polar surface area (TPSA) is 47.7 Å². The SMILES string of the molecule is COc1cc(CN2CCC(N)C2)cc(OC)c1.Cl. The number of rotatable bonds is 4. The van der Waals surface area contributed by atoms with Crippen molar-refractivity contribution in [2.24, 2.45) is 5.73 Å². The molecule has 1 fully saturated rings. The van der Waals surface area contributed by atoms with Crippen molar-refractivity contribution in [1.82, 2.24) is 4.90 Å². The van der Waals surface area contributed by atoms with Crippen LogP contribution in [0.3, 0.4) is 0 Å². The molecule has 5 heteroatoms. The molecule has 1 aromatic carbocycles. The van der Waals surface area contributed by atoms with Crippen molar-refractivity contribution < 1.29 is 9.47 Å². The highest BCUT2D eigenvalue weighted by Gasteiger charge is 2.19. The van der Waals surface area contributed by atoms with Gasteiger partial charge < -0.3 is 15.2 Å². The van der Waals surface area contributed by atoms with Crippen molar-refractivity contribution in [3.63, 3.8) is 0 Å². The van der Waals surface area contributed by atoms with Crippen LogP contribution in [0.5, 0.6) is 11.5 Å². The van der Waals surface area contributed by atoms with E-state index >= 15 is 0 Å². The second-order valence-corrected chi connectivity index (χ2v) is 4.50. The number of nitrogens with two attached hydrogens (primary N) is 1. The predicted molar refractivity (Wildman–Crippen MR) is 74.7 cm³/mol. The molecule has 18 heavy (non-hydrogen) atoms. The Kier molecular flexibility index (Phi) is 5.72. The molecule has 0 amide bonds. The number of nitrogens with zero attached hydrogens (tertiary/aromatic N) is 1. The maximum Gasteiger partial charge on any atom is 0.122 e. The van der Waals surface area contributed by atoms with E-state index in [1.807, 2.05) is 18.2 Å². The van der Waals surface area contributed by atoms with Crippen molar-refractivity contribution in [3.8, 4) is 11.5 Å². The molecule has 102 valence electrons. The summed E-state index contributed by atoms with van der Waals surface area (Å²) in [5.41, 5.74) is 7.10. The third-order valence-electron chi connectivity index (χ3n) is 3.13. The van der Waals surface area contributed by atoms with Crippen LogP contribution in [0.2, 0.25) is 0 Å². The van der Waals surface area contributed by atoms with Gasteiger partial charge in [-0.1, -0.05) is 0 Å². The fraction of sp³-hybridized carbons (Fsp3) is 0.538. The lowest BCUT2D eigenvalue weighted by atomic mass is 10.2. The van der Waals surface area contributed by atoms with Gasteiger partial charge >= 0.3 is 0 Å². The Morgan fingerprint density at radius 3 is 2.28 bits per heavy atom. The third kappa shape index (κ3) is 3.77. The average molecular weight is 273 g/mol. The second-order valence-electron chi connectivity index (χ2n) is 4.50. The first kappa shape index (κ1) is 15.1. The highest BCUT2D eigenvalue weighted by molar-refractivity contribution is 5.85. The average Bonchev–Trinajstić information content (AvgIpc) is 2.74. The Labute approximate surface area is 114 Å². The van der Waals surface area contributed by atoms with Crippen LogP contribution in [0.25, 0.3) is 0 Å². The highest BCUT2D eigenvalue weighted by atomic mass is 35.5. The minimum atomic E-state index is 0. The van der Waals surface area contributed by atoms with Gasteiger partial charge in [0.15, 0.2) is 0 Å². The summed E-state index contributed by atoms with van der Waals surface area (Å²) in [5.74, 6) is 1.67. The van der Waals surface area contributed by atoms with E-state index < -0.39 is 0 Å². The van der Waals surface area contributed by atoms with Crippen LogP contribution in [0.15, 0.2) is 18.2 Å². The first-order valence-corrected chi connectivity index (χ1v) is 5.91. The summed E-state index contributed by atoms with van der Waals surface area (Å²) >= 11 is 0. The van der Waals surface area contributed by atoms with Crippen LogP contribution >= 0.6 is 12.4 Å². The van der Waals surface area contributed by atoms with Gasteiger partial charge in [0.1, 0.15) is 11.5 Å². The molecular formula is C13H21ClN2O2. The molecule has 1 unspecified atom stereocenters. The van der Waals surface area contributed by atoms with Crippen LogP contribution < -0.4 is 15.2 Å². The number of hydrogen-bond donors (Lipinski definition) is 1. The van der Waals surface area contributed by atoms with Crippen molar-refractivity contribution in [2.45, 2.75) is 19.0 Å². The first-order chi connectivity index (χ1) is 8.21. The summed E-state index contributed by atoms with van der Waals surface area (Å²) in [5, 5.41) is 0. The second kappa shape index (κ2) is 6.83. The number of halogens is 1. The molecule has 1 saturated heterocycles. The van der Waals surface area contributed by atoms with Crippen molar-refractivity contribution in [1.29, 1.82) is 0 Å². The number of likely N-dealkylation sites (tertiary alicyclic amines) is 1. The van der Waals surface area contributed by atoms with Gasteiger partial charge in [-0.3, -0.25) is 4.90 Å². The maximum absolute atomic E-state index is 5.90. The van der Waals surface area contributed by atoms with Gasteiger partial charge in [0.2, 0.25) is 0 Å². The van der Waals surface area contributed by atoms with Gasteiger partial charge in [0.05, 0.1) is 14.2 Å². The van der Waals surface area contributed by atoms with Crippen LogP contribution in [-0.4, -0.2) is 38.3 Å². The molecule has 4 nitrogen and oxygen atoms in total. The van der Waals surface area contributed by atoms with Crippen LogP contribution in [0.4, 0.5) is 0 Å². The van der Waals surface area contributed by atoms with Gasteiger partial charge in [0, 0.05) is 31.7 Å². The maximum atomic E-state index is 5.90. The van der Waals surface area contributed by atoms with Crippen LogP contribution in [0.1, 0.15) is 12.0 Å². The molecule has 0 radical (unpaired) electrons. The zero-order chi connectivity index (χ0) is 12.3. The van der Waals surface area contributed by atoms with Crippen molar-refractivity contribution in [2.75, 3.05) is 27.3 Å². The number of methoxy groups -OCH3 is 2. The molecule has 2 rings (SSSR count). The largest absolute Gasteiger partial charge is 0.497 e. The van der Waals surface area contributed by atoms with Gasteiger partial charge in [-0.2, -0.15) is 0 Å². The quantitative estimate of drug-likeness (QED) is 0.906. The van der Waals surface area contributed by atoms with E-state index in [9.17, 15) is 0 Å². The molecular weight excluding hydrogens is 252 g/mol. The molecule has 0 bridgehead atoms. The van der Waals surface area contributed by atoms with E-state index in [-0.39, 0.29) is 12.4 Å². The zero-order valence-electron chi connectivity index (χ0n) is 10.9. The van der Waals surface area contributed by atoms with Gasteiger partial charge in [-0.05, 0) is 24.1 Å². The number of ether oxygens (including phenoxy) is 2. The van der Waals surface area contributed by atoms with Gasteiger partial charge in [-0.15, -0.1) is 12.4 Å². The molecule has 1 aliphatic heterocycles. The van der Waals surface area contributed by atoms with E-state index in [0.29, 0.717) is 6.04 Å². The van der Waals surface area contributed by atoms with E-state index in [0.717, 1.165) is 37.6 Å². The van der Waals surface area contributed by atoms with E-state index in [1.165, 1.54) is 5.56 Å². The normalized spacial score (nSPS) is 19.4. The van der Waals surface area contributed by atoms with E-state index in [4.69, 9.17) is 15.2 Å². The summed E-state index contributed by atoms with van der Waals surface area (Å²) in [6.45, 7) is 2.95. The Morgan fingerprint density at radius 2 is 1.83 bits per heavy atom. The first-order valence-electron chi connectivity index (χ1n) is 5.91.